The highest BCUT2D eigenvalue weighted by Gasteiger charge is 2.11. The van der Waals surface area contributed by atoms with Crippen molar-refractivity contribution in [3.8, 4) is 0 Å². The molecule has 0 aromatic heterocycles. The molecule has 0 heterocycles. The quantitative estimate of drug-likeness (QED) is 0.808. The summed E-state index contributed by atoms with van der Waals surface area (Å²) in [6.45, 7) is 3.60. The maximum absolute atomic E-state index is 11.9. The van der Waals surface area contributed by atoms with E-state index >= 15 is 0 Å². The lowest BCUT2D eigenvalue weighted by Crippen LogP contribution is -2.22. The number of ether oxygens (including phenoxy) is 1. The number of anilines is 1. The summed E-state index contributed by atoms with van der Waals surface area (Å²) in [5.74, 6) is -0.787. The Hall–Kier alpha value is -2.14. The van der Waals surface area contributed by atoms with E-state index in [2.05, 4.69) is 21.2 Å². The molecule has 0 spiro atoms. The fraction of sp³-hybridized carbons (Fsp3) is 0.222. The average molecular weight is 376 g/mol. The first-order chi connectivity index (χ1) is 11.0. The lowest BCUT2D eigenvalue weighted by atomic mass is 10.1. The molecule has 0 unspecified atom stereocenters. The van der Waals surface area contributed by atoms with Crippen LogP contribution in [0.4, 0.5) is 5.69 Å². The van der Waals surface area contributed by atoms with E-state index in [-0.39, 0.29) is 18.9 Å². The highest BCUT2D eigenvalue weighted by Crippen LogP contribution is 2.23. The Labute approximate surface area is 144 Å². The van der Waals surface area contributed by atoms with Gasteiger partial charge in [-0.1, -0.05) is 30.3 Å². The van der Waals surface area contributed by atoms with Crippen LogP contribution in [0.15, 0.2) is 46.9 Å². The summed E-state index contributed by atoms with van der Waals surface area (Å²) in [5.41, 5.74) is 3.66. The van der Waals surface area contributed by atoms with E-state index in [1.165, 1.54) is 0 Å². The van der Waals surface area contributed by atoms with E-state index in [1.807, 2.05) is 50.2 Å². The first-order valence-electron chi connectivity index (χ1n) is 7.22. The van der Waals surface area contributed by atoms with Crippen molar-refractivity contribution in [2.45, 2.75) is 20.3 Å². The molecule has 1 amide bonds. The Morgan fingerprint density at radius 1 is 1.13 bits per heavy atom. The Bertz CT molecular complexity index is 728. The maximum Gasteiger partial charge on any atom is 0.310 e. The van der Waals surface area contributed by atoms with E-state index in [1.54, 1.807) is 6.07 Å². The average Bonchev–Trinajstić information content (AvgIpc) is 2.50. The van der Waals surface area contributed by atoms with Gasteiger partial charge < -0.3 is 10.1 Å². The molecule has 0 bridgehead atoms. The van der Waals surface area contributed by atoms with Crippen LogP contribution in [-0.2, 0) is 20.7 Å². The Morgan fingerprint density at radius 2 is 1.87 bits per heavy atom. The smallest absolute Gasteiger partial charge is 0.310 e. The Kier molecular flexibility index (Phi) is 5.93. The summed E-state index contributed by atoms with van der Waals surface area (Å²) in [6.07, 6.45) is 0.161. The van der Waals surface area contributed by atoms with E-state index in [0.29, 0.717) is 5.69 Å². The van der Waals surface area contributed by atoms with Crippen molar-refractivity contribution >= 4 is 33.5 Å². The van der Waals surface area contributed by atoms with Gasteiger partial charge in [0, 0.05) is 4.47 Å². The number of esters is 1. The molecule has 0 aliphatic carbocycles. The fourth-order valence-electron chi connectivity index (χ4n) is 2.07. The normalized spacial score (nSPS) is 10.2. The number of amides is 1. The van der Waals surface area contributed by atoms with Crippen molar-refractivity contribution < 1.29 is 14.3 Å². The third-order valence-corrected chi connectivity index (χ3v) is 4.02. The molecule has 23 heavy (non-hydrogen) atoms. The lowest BCUT2D eigenvalue weighted by Gasteiger charge is -2.09. The predicted octanol–water partition coefficient (Wildman–Crippen LogP) is 3.79. The number of aryl methyl sites for hydroxylation is 2. The van der Waals surface area contributed by atoms with Gasteiger partial charge in [0.25, 0.3) is 5.91 Å². The van der Waals surface area contributed by atoms with Gasteiger partial charge in [-0.05, 0) is 58.6 Å². The molecule has 0 atom stereocenters. The van der Waals surface area contributed by atoms with E-state index < -0.39 is 5.97 Å². The van der Waals surface area contributed by atoms with E-state index in [4.69, 9.17) is 4.74 Å². The first kappa shape index (κ1) is 17.2. The molecule has 4 nitrogen and oxygen atoms in total. The molecule has 5 heteroatoms. The van der Waals surface area contributed by atoms with Gasteiger partial charge in [0.1, 0.15) is 0 Å². The molecule has 0 fully saturated rings. The molecule has 0 radical (unpaired) electrons. The van der Waals surface area contributed by atoms with Crippen molar-refractivity contribution in [2.24, 2.45) is 0 Å². The van der Waals surface area contributed by atoms with Gasteiger partial charge in [-0.3, -0.25) is 9.59 Å². The summed E-state index contributed by atoms with van der Waals surface area (Å²) in [5, 5.41) is 2.70. The highest BCUT2D eigenvalue weighted by molar-refractivity contribution is 9.10. The second kappa shape index (κ2) is 7.92. The van der Waals surface area contributed by atoms with Crippen LogP contribution in [0.25, 0.3) is 0 Å². The molecule has 2 aromatic carbocycles. The van der Waals surface area contributed by atoms with Gasteiger partial charge >= 0.3 is 5.97 Å². The summed E-state index contributed by atoms with van der Waals surface area (Å²) in [4.78, 5) is 23.7. The summed E-state index contributed by atoms with van der Waals surface area (Å²) in [7, 11) is 0. The molecule has 0 aliphatic heterocycles. The van der Waals surface area contributed by atoms with Crippen LogP contribution < -0.4 is 5.32 Å². The third kappa shape index (κ3) is 5.21. The zero-order valence-corrected chi connectivity index (χ0v) is 14.6. The monoisotopic (exact) mass is 375 g/mol. The van der Waals surface area contributed by atoms with Crippen LogP contribution in [0.3, 0.4) is 0 Å². The molecular formula is C18H18BrNO3. The minimum Gasteiger partial charge on any atom is -0.455 e. The first-order valence-corrected chi connectivity index (χ1v) is 8.01. The molecule has 0 saturated heterocycles. The van der Waals surface area contributed by atoms with Gasteiger partial charge in [-0.2, -0.15) is 0 Å². The van der Waals surface area contributed by atoms with Crippen LogP contribution in [0.2, 0.25) is 0 Å². The number of rotatable bonds is 5. The van der Waals surface area contributed by atoms with Crippen LogP contribution in [0.1, 0.15) is 16.7 Å². The minimum atomic E-state index is -0.419. The standard InChI is InChI=1S/C18H18BrNO3/c1-12-7-8-16(15(19)9-12)20-17(21)11-23-18(22)10-14-6-4-3-5-13(14)2/h3-9H,10-11H2,1-2H3,(H,20,21). The van der Waals surface area contributed by atoms with Gasteiger partial charge in [0.15, 0.2) is 6.61 Å². The third-order valence-electron chi connectivity index (χ3n) is 3.36. The number of carbonyl (C=O) groups excluding carboxylic acids is 2. The molecule has 0 saturated carbocycles. The zero-order valence-electron chi connectivity index (χ0n) is 13.1. The number of halogens is 1. The molecule has 120 valence electrons. The number of hydrogen-bond acceptors (Lipinski definition) is 3. The van der Waals surface area contributed by atoms with Crippen molar-refractivity contribution in [3.63, 3.8) is 0 Å². The summed E-state index contributed by atoms with van der Waals surface area (Å²) >= 11 is 3.39. The van der Waals surface area contributed by atoms with Gasteiger partial charge in [-0.15, -0.1) is 0 Å². The van der Waals surface area contributed by atoms with Crippen molar-refractivity contribution in [2.75, 3.05) is 11.9 Å². The maximum atomic E-state index is 11.9. The van der Waals surface area contributed by atoms with Crippen molar-refractivity contribution in [1.82, 2.24) is 0 Å². The summed E-state index contributed by atoms with van der Waals surface area (Å²) < 4.78 is 5.82. The van der Waals surface area contributed by atoms with Gasteiger partial charge in [0.2, 0.25) is 0 Å². The number of nitrogens with one attached hydrogen (secondary N) is 1. The van der Waals surface area contributed by atoms with Crippen LogP contribution >= 0.6 is 15.9 Å². The van der Waals surface area contributed by atoms with Crippen LogP contribution in [0, 0.1) is 13.8 Å². The van der Waals surface area contributed by atoms with Gasteiger partial charge in [-0.25, -0.2) is 0 Å². The number of benzene rings is 2. The SMILES string of the molecule is Cc1ccc(NC(=O)COC(=O)Cc2ccccc2C)c(Br)c1. The van der Waals surface area contributed by atoms with Crippen LogP contribution in [-0.4, -0.2) is 18.5 Å². The summed E-state index contributed by atoms with van der Waals surface area (Å²) in [6, 6.07) is 13.2. The molecule has 0 aliphatic rings. The Balaban J connectivity index is 1.84. The number of hydrogen-bond donors (Lipinski definition) is 1. The van der Waals surface area contributed by atoms with Crippen molar-refractivity contribution in [3.05, 3.63) is 63.6 Å². The van der Waals surface area contributed by atoms with Crippen LogP contribution in [0.5, 0.6) is 0 Å². The largest absolute Gasteiger partial charge is 0.455 e. The molecular weight excluding hydrogens is 358 g/mol. The van der Waals surface area contributed by atoms with Crippen molar-refractivity contribution in [1.29, 1.82) is 0 Å². The second-order valence-corrected chi connectivity index (χ2v) is 6.15. The minimum absolute atomic E-state index is 0.161. The van der Waals surface area contributed by atoms with Gasteiger partial charge in [0.05, 0.1) is 12.1 Å². The second-order valence-electron chi connectivity index (χ2n) is 5.30. The predicted molar refractivity (Wildman–Crippen MR) is 93.4 cm³/mol. The molecule has 1 N–H and O–H groups in total. The topological polar surface area (TPSA) is 55.4 Å². The van der Waals surface area contributed by atoms with E-state index in [9.17, 15) is 9.59 Å². The Morgan fingerprint density at radius 3 is 2.57 bits per heavy atom. The van der Waals surface area contributed by atoms with E-state index in [0.717, 1.165) is 21.2 Å². The lowest BCUT2D eigenvalue weighted by molar-refractivity contribution is -0.146. The zero-order chi connectivity index (χ0) is 16.8. The fourth-order valence-corrected chi connectivity index (χ4v) is 2.66. The highest BCUT2D eigenvalue weighted by atomic mass is 79.9. The molecule has 2 rings (SSSR count). The number of carbonyl (C=O) groups is 2. The molecule has 2 aromatic rings.